The molecule has 0 aliphatic carbocycles. The number of nitrogens with zero attached hydrogens (tertiary/aromatic N) is 4. The van der Waals surface area contributed by atoms with E-state index in [9.17, 15) is 0 Å². The summed E-state index contributed by atoms with van der Waals surface area (Å²) in [6, 6.07) is 71.8. The lowest BCUT2D eigenvalue weighted by molar-refractivity contribution is 0.672. The van der Waals surface area contributed by atoms with E-state index in [0.29, 0.717) is 17.5 Å². The Labute approximate surface area is 335 Å². The molecule has 0 radical (unpaired) electrons. The van der Waals surface area contributed by atoms with E-state index >= 15 is 0 Å². The lowest BCUT2D eigenvalue weighted by Gasteiger charge is -2.26. The van der Waals surface area contributed by atoms with Gasteiger partial charge in [-0.25, -0.2) is 15.0 Å². The summed E-state index contributed by atoms with van der Waals surface area (Å²) in [5.41, 5.74) is 9.95. The summed E-state index contributed by atoms with van der Waals surface area (Å²) in [7, 11) is 0. The summed E-state index contributed by atoms with van der Waals surface area (Å²) in [5.74, 6) is 1.90. The van der Waals surface area contributed by atoms with Crippen LogP contribution >= 0.6 is 0 Å². The molecule has 272 valence electrons. The van der Waals surface area contributed by atoms with Crippen LogP contribution in [0.3, 0.4) is 0 Å². The van der Waals surface area contributed by atoms with Gasteiger partial charge in [-0.3, -0.25) is 0 Å². The Bertz CT molecular complexity index is 3210. The highest BCUT2D eigenvalue weighted by atomic mass is 16.3. The molecule has 58 heavy (non-hydrogen) atoms. The smallest absolute Gasteiger partial charge is 0.164 e. The second kappa shape index (κ2) is 14.0. The third-order valence-corrected chi connectivity index (χ3v) is 10.9. The number of aromatic nitrogens is 3. The van der Waals surface area contributed by atoms with E-state index in [1.807, 2.05) is 72.8 Å². The molecule has 0 aliphatic heterocycles. The second-order valence-corrected chi connectivity index (χ2v) is 14.4. The lowest BCUT2D eigenvalue weighted by Crippen LogP contribution is -2.09. The molecule has 0 saturated carbocycles. The van der Waals surface area contributed by atoms with Crippen LogP contribution in [0.25, 0.3) is 88.8 Å². The molecule has 0 N–H and O–H groups in total. The van der Waals surface area contributed by atoms with Crippen molar-refractivity contribution in [3.8, 4) is 45.3 Å². The third-order valence-electron chi connectivity index (χ3n) is 10.9. The zero-order chi connectivity index (χ0) is 38.4. The number of rotatable bonds is 7. The molecular weight excluding hydrogens is 709 g/mol. The summed E-state index contributed by atoms with van der Waals surface area (Å²) in [4.78, 5) is 17.2. The van der Waals surface area contributed by atoms with Crippen molar-refractivity contribution in [2.45, 2.75) is 0 Å². The average Bonchev–Trinajstić information content (AvgIpc) is 3.69. The SMILES string of the molecule is c1ccc(-c2nc(-c3ccccc3)nc(-c3ccc(-c4cc5c6ccccc6oc5c5cc(N(c6ccccc6)c6ccc7ccccc7c6)ccc45)cc3)n2)cc1. The predicted octanol–water partition coefficient (Wildman–Crippen LogP) is 14.2. The normalized spacial score (nSPS) is 11.4. The van der Waals surface area contributed by atoms with E-state index in [4.69, 9.17) is 19.4 Å². The maximum atomic E-state index is 6.69. The Kier molecular flexibility index (Phi) is 8.07. The number of benzene rings is 9. The zero-order valence-electron chi connectivity index (χ0n) is 31.3. The minimum atomic E-state index is 0.625. The maximum absolute atomic E-state index is 6.69. The van der Waals surface area contributed by atoms with Gasteiger partial charge in [-0.05, 0) is 75.8 Å². The van der Waals surface area contributed by atoms with Crippen molar-refractivity contribution in [1.82, 2.24) is 15.0 Å². The molecule has 0 unspecified atom stereocenters. The van der Waals surface area contributed by atoms with Crippen LogP contribution in [0.4, 0.5) is 17.1 Å². The predicted molar refractivity (Wildman–Crippen MR) is 239 cm³/mol. The van der Waals surface area contributed by atoms with Gasteiger partial charge in [-0.2, -0.15) is 0 Å². The number of para-hydroxylation sites is 2. The van der Waals surface area contributed by atoms with Crippen molar-refractivity contribution < 1.29 is 4.42 Å². The topological polar surface area (TPSA) is 55.1 Å². The molecule has 0 amide bonds. The second-order valence-electron chi connectivity index (χ2n) is 14.4. The highest BCUT2D eigenvalue weighted by Crippen LogP contribution is 2.44. The first-order chi connectivity index (χ1) is 28.7. The molecule has 11 aromatic rings. The summed E-state index contributed by atoms with van der Waals surface area (Å²) < 4.78 is 6.69. The van der Waals surface area contributed by atoms with E-state index in [2.05, 4.69) is 138 Å². The molecule has 0 bridgehead atoms. The van der Waals surface area contributed by atoms with Crippen molar-refractivity contribution in [2.75, 3.05) is 4.90 Å². The standard InChI is InChI=1S/C53H34N4O/c1-4-15-37(16-5-1)51-54-52(38-17-6-2-7-18-38)56-53(55-51)39-26-24-36(25-27-39)46-34-48-45-22-12-13-23-49(45)58-50(48)47-33-43(30-31-44(46)47)57(41-20-8-3-9-21-41)42-29-28-35-14-10-11-19-40(35)32-42/h1-34H. The molecule has 2 heterocycles. The average molecular weight is 743 g/mol. The molecule has 0 spiro atoms. The first-order valence-electron chi connectivity index (χ1n) is 19.4. The largest absolute Gasteiger partial charge is 0.455 e. The first-order valence-corrected chi connectivity index (χ1v) is 19.4. The van der Waals surface area contributed by atoms with Crippen LogP contribution in [0.15, 0.2) is 211 Å². The van der Waals surface area contributed by atoms with Gasteiger partial charge < -0.3 is 9.32 Å². The number of anilines is 3. The number of fused-ring (bicyclic) bond motifs is 6. The highest BCUT2D eigenvalue weighted by Gasteiger charge is 2.20. The molecule has 0 fully saturated rings. The summed E-state index contributed by atoms with van der Waals surface area (Å²) in [6.45, 7) is 0. The first kappa shape index (κ1) is 33.4. The number of furan rings is 1. The van der Waals surface area contributed by atoms with Crippen LogP contribution in [0.5, 0.6) is 0 Å². The Morgan fingerprint density at radius 2 is 0.845 bits per heavy atom. The third kappa shape index (κ3) is 5.94. The minimum absolute atomic E-state index is 0.625. The van der Waals surface area contributed by atoms with Crippen LogP contribution in [-0.4, -0.2) is 15.0 Å². The summed E-state index contributed by atoms with van der Waals surface area (Å²) in [6.07, 6.45) is 0. The molecule has 5 heteroatoms. The van der Waals surface area contributed by atoms with Crippen molar-refractivity contribution >= 4 is 60.5 Å². The van der Waals surface area contributed by atoms with Crippen molar-refractivity contribution in [3.63, 3.8) is 0 Å². The lowest BCUT2D eigenvalue weighted by atomic mass is 9.94. The molecule has 0 atom stereocenters. The number of hydrogen-bond acceptors (Lipinski definition) is 5. The molecule has 9 aromatic carbocycles. The van der Waals surface area contributed by atoms with Gasteiger partial charge in [-0.15, -0.1) is 0 Å². The van der Waals surface area contributed by atoms with E-state index < -0.39 is 0 Å². The van der Waals surface area contributed by atoms with Gasteiger partial charge in [0.25, 0.3) is 0 Å². The fourth-order valence-corrected chi connectivity index (χ4v) is 8.04. The Morgan fingerprint density at radius 1 is 0.328 bits per heavy atom. The maximum Gasteiger partial charge on any atom is 0.164 e. The van der Waals surface area contributed by atoms with Gasteiger partial charge in [0.1, 0.15) is 11.2 Å². The zero-order valence-corrected chi connectivity index (χ0v) is 31.3. The van der Waals surface area contributed by atoms with Gasteiger partial charge in [0.05, 0.1) is 0 Å². The molecule has 11 rings (SSSR count). The fraction of sp³-hybridized carbons (Fsp3) is 0. The van der Waals surface area contributed by atoms with E-state index in [-0.39, 0.29) is 0 Å². The molecule has 2 aromatic heterocycles. The Balaban J connectivity index is 1.07. The van der Waals surface area contributed by atoms with Gasteiger partial charge in [0, 0.05) is 49.9 Å². The molecular formula is C53H34N4O. The van der Waals surface area contributed by atoms with E-state index in [1.165, 1.54) is 10.8 Å². The highest BCUT2D eigenvalue weighted by molar-refractivity contribution is 6.20. The summed E-state index contributed by atoms with van der Waals surface area (Å²) >= 11 is 0. The van der Waals surface area contributed by atoms with Gasteiger partial charge in [0.15, 0.2) is 17.5 Å². The Hall–Kier alpha value is -7.89. The Morgan fingerprint density at radius 3 is 1.53 bits per heavy atom. The molecule has 0 aliphatic rings. The van der Waals surface area contributed by atoms with Crippen LogP contribution in [0.2, 0.25) is 0 Å². The minimum Gasteiger partial charge on any atom is -0.455 e. The van der Waals surface area contributed by atoms with Crippen LogP contribution < -0.4 is 4.90 Å². The van der Waals surface area contributed by atoms with Crippen LogP contribution in [0, 0.1) is 0 Å². The van der Waals surface area contributed by atoms with Crippen LogP contribution in [-0.2, 0) is 0 Å². The van der Waals surface area contributed by atoms with Crippen molar-refractivity contribution in [2.24, 2.45) is 0 Å². The molecule has 5 nitrogen and oxygen atoms in total. The quantitative estimate of drug-likeness (QED) is 0.163. The van der Waals surface area contributed by atoms with E-state index in [1.54, 1.807) is 0 Å². The van der Waals surface area contributed by atoms with Crippen molar-refractivity contribution in [3.05, 3.63) is 206 Å². The number of hydrogen-bond donors (Lipinski definition) is 0. The summed E-state index contributed by atoms with van der Waals surface area (Å²) in [5, 5.41) is 6.72. The van der Waals surface area contributed by atoms with Crippen LogP contribution in [0.1, 0.15) is 0 Å². The fourth-order valence-electron chi connectivity index (χ4n) is 8.04. The van der Waals surface area contributed by atoms with E-state index in [0.717, 1.165) is 77.6 Å². The van der Waals surface area contributed by atoms with Gasteiger partial charge >= 0.3 is 0 Å². The van der Waals surface area contributed by atoms with Crippen molar-refractivity contribution in [1.29, 1.82) is 0 Å². The van der Waals surface area contributed by atoms with Gasteiger partial charge in [0.2, 0.25) is 0 Å². The van der Waals surface area contributed by atoms with Gasteiger partial charge in [-0.1, -0.05) is 158 Å². The molecule has 0 saturated heterocycles. The monoisotopic (exact) mass is 742 g/mol.